The minimum Gasteiger partial charge on any atom is -0.363 e. The molecule has 1 aromatic rings. The minimum absolute atomic E-state index is 0.993. The van der Waals surface area contributed by atoms with Crippen LogP contribution < -0.4 is 0 Å². The van der Waals surface area contributed by atoms with Crippen LogP contribution in [0.2, 0.25) is 0 Å². The highest BCUT2D eigenvalue weighted by atomic mass is 79.9. The van der Waals surface area contributed by atoms with Gasteiger partial charge in [-0.1, -0.05) is 28.1 Å². The van der Waals surface area contributed by atoms with E-state index in [0.29, 0.717) is 0 Å². The van der Waals surface area contributed by atoms with Crippen molar-refractivity contribution in [3.05, 3.63) is 34.3 Å². The van der Waals surface area contributed by atoms with E-state index in [1.54, 1.807) is 7.05 Å². The first-order valence-corrected chi connectivity index (χ1v) is 4.84. The Bertz CT molecular complexity index is 301. The van der Waals surface area contributed by atoms with Crippen LogP contribution in [0.1, 0.15) is 5.56 Å². The molecule has 0 fully saturated rings. The van der Waals surface area contributed by atoms with Gasteiger partial charge < -0.3 is 4.90 Å². The van der Waals surface area contributed by atoms with Crippen molar-refractivity contribution < 1.29 is 0 Å². The molecule has 70 valence electrons. The van der Waals surface area contributed by atoms with Crippen LogP contribution in [-0.4, -0.2) is 31.9 Å². The average molecular weight is 241 g/mol. The lowest BCUT2D eigenvalue weighted by molar-refractivity contribution is 0.622. The monoisotopic (exact) mass is 240 g/mol. The molecule has 0 aliphatic heterocycles. The highest BCUT2D eigenvalue weighted by Gasteiger charge is 2.03. The second kappa shape index (κ2) is 4.42. The zero-order chi connectivity index (χ0) is 9.84. The van der Waals surface area contributed by atoms with Gasteiger partial charge in [-0.25, -0.2) is 0 Å². The van der Waals surface area contributed by atoms with Crippen LogP contribution >= 0.6 is 15.9 Å². The summed E-state index contributed by atoms with van der Waals surface area (Å²) in [6.07, 6.45) is 0. The standard InChI is InChI=1S/C10H13BrN2/c1-12-10(13(2)3)8-4-6-9(11)7-5-8/h4-7H,1-3H3/b12-10-. The highest BCUT2D eigenvalue weighted by Crippen LogP contribution is 2.11. The summed E-state index contributed by atoms with van der Waals surface area (Å²) in [5.74, 6) is 0.993. The Labute approximate surface area is 87.4 Å². The summed E-state index contributed by atoms with van der Waals surface area (Å²) < 4.78 is 1.09. The van der Waals surface area contributed by atoms with E-state index < -0.39 is 0 Å². The van der Waals surface area contributed by atoms with Crippen molar-refractivity contribution in [2.75, 3.05) is 21.1 Å². The summed E-state index contributed by atoms with van der Waals surface area (Å²) in [4.78, 5) is 6.22. The van der Waals surface area contributed by atoms with Crippen LogP contribution in [0, 0.1) is 0 Å². The predicted molar refractivity (Wildman–Crippen MR) is 60.3 cm³/mol. The van der Waals surface area contributed by atoms with Gasteiger partial charge in [0.2, 0.25) is 0 Å². The van der Waals surface area contributed by atoms with Crippen LogP contribution in [0.25, 0.3) is 0 Å². The number of hydrogen-bond acceptors (Lipinski definition) is 1. The van der Waals surface area contributed by atoms with Gasteiger partial charge in [0.05, 0.1) is 0 Å². The second-order valence-corrected chi connectivity index (χ2v) is 3.86. The normalized spacial score (nSPS) is 11.5. The van der Waals surface area contributed by atoms with Gasteiger partial charge in [-0.05, 0) is 12.1 Å². The summed E-state index contributed by atoms with van der Waals surface area (Å²) in [5.41, 5.74) is 1.13. The molecule has 0 spiro atoms. The topological polar surface area (TPSA) is 15.6 Å². The molecular weight excluding hydrogens is 228 g/mol. The minimum atomic E-state index is 0.993. The van der Waals surface area contributed by atoms with E-state index in [-0.39, 0.29) is 0 Å². The van der Waals surface area contributed by atoms with Crippen LogP contribution in [0.3, 0.4) is 0 Å². The van der Waals surface area contributed by atoms with Crippen molar-refractivity contribution in [2.45, 2.75) is 0 Å². The van der Waals surface area contributed by atoms with Crippen LogP contribution in [0.15, 0.2) is 33.7 Å². The van der Waals surface area contributed by atoms with Crippen LogP contribution in [0.5, 0.6) is 0 Å². The van der Waals surface area contributed by atoms with E-state index in [1.165, 1.54) is 0 Å². The second-order valence-electron chi connectivity index (χ2n) is 2.95. The maximum absolute atomic E-state index is 4.21. The van der Waals surface area contributed by atoms with Gasteiger partial charge in [-0.3, -0.25) is 4.99 Å². The van der Waals surface area contributed by atoms with Gasteiger partial charge in [0, 0.05) is 31.2 Å². The molecule has 1 aromatic carbocycles. The van der Waals surface area contributed by atoms with Gasteiger partial charge in [-0.2, -0.15) is 0 Å². The Hall–Kier alpha value is -0.830. The van der Waals surface area contributed by atoms with E-state index in [0.717, 1.165) is 15.9 Å². The maximum atomic E-state index is 4.21. The third kappa shape index (κ3) is 2.56. The van der Waals surface area contributed by atoms with Gasteiger partial charge in [0.1, 0.15) is 5.84 Å². The fourth-order valence-electron chi connectivity index (χ4n) is 1.19. The number of hydrogen-bond donors (Lipinski definition) is 0. The number of halogens is 1. The lowest BCUT2D eigenvalue weighted by Gasteiger charge is -2.15. The molecule has 0 unspecified atom stereocenters. The Morgan fingerprint density at radius 2 is 1.77 bits per heavy atom. The van der Waals surface area contributed by atoms with Gasteiger partial charge in [-0.15, -0.1) is 0 Å². The quantitative estimate of drug-likeness (QED) is 0.544. The van der Waals surface area contributed by atoms with Crippen molar-refractivity contribution in [3.63, 3.8) is 0 Å². The molecule has 0 saturated carbocycles. The van der Waals surface area contributed by atoms with Crippen molar-refractivity contribution >= 4 is 21.8 Å². The third-order valence-corrected chi connectivity index (χ3v) is 2.27. The van der Waals surface area contributed by atoms with Crippen molar-refractivity contribution in [1.82, 2.24) is 4.90 Å². The number of nitrogens with zero attached hydrogens (tertiary/aromatic N) is 2. The van der Waals surface area contributed by atoms with E-state index in [1.807, 2.05) is 43.3 Å². The molecule has 0 amide bonds. The fraction of sp³-hybridized carbons (Fsp3) is 0.300. The van der Waals surface area contributed by atoms with E-state index in [9.17, 15) is 0 Å². The van der Waals surface area contributed by atoms with Crippen LogP contribution in [0.4, 0.5) is 0 Å². The fourth-order valence-corrected chi connectivity index (χ4v) is 1.45. The van der Waals surface area contributed by atoms with E-state index >= 15 is 0 Å². The maximum Gasteiger partial charge on any atom is 0.130 e. The molecule has 13 heavy (non-hydrogen) atoms. The summed E-state index contributed by atoms with van der Waals surface area (Å²) in [5, 5.41) is 0. The number of benzene rings is 1. The molecular formula is C10H13BrN2. The Morgan fingerprint density at radius 1 is 1.23 bits per heavy atom. The van der Waals surface area contributed by atoms with Crippen LogP contribution in [-0.2, 0) is 0 Å². The smallest absolute Gasteiger partial charge is 0.130 e. The van der Waals surface area contributed by atoms with Crippen molar-refractivity contribution in [2.24, 2.45) is 4.99 Å². The molecule has 1 rings (SSSR count). The number of amidine groups is 1. The number of aliphatic imine (C=N–C) groups is 1. The van der Waals surface area contributed by atoms with Crippen molar-refractivity contribution in [3.8, 4) is 0 Å². The first kappa shape index (κ1) is 10.3. The average Bonchev–Trinajstić information content (AvgIpc) is 2.09. The largest absolute Gasteiger partial charge is 0.363 e. The molecule has 3 heteroatoms. The molecule has 0 radical (unpaired) electrons. The molecule has 2 nitrogen and oxygen atoms in total. The van der Waals surface area contributed by atoms with E-state index in [2.05, 4.69) is 20.9 Å². The molecule has 0 bridgehead atoms. The molecule has 0 heterocycles. The molecule has 0 N–H and O–H groups in total. The first-order valence-electron chi connectivity index (χ1n) is 4.05. The zero-order valence-corrected chi connectivity index (χ0v) is 9.67. The molecule has 0 aliphatic rings. The third-order valence-electron chi connectivity index (χ3n) is 1.74. The van der Waals surface area contributed by atoms with E-state index in [4.69, 9.17) is 0 Å². The molecule has 0 aromatic heterocycles. The Morgan fingerprint density at radius 3 is 2.15 bits per heavy atom. The summed E-state index contributed by atoms with van der Waals surface area (Å²) in [6, 6.07) is 8.13. The van der Waals surface area contributed by atoms with Gasteiger partial charge in [0.15, 0.2) is 0 Å². The first-order chi connectivity index (χ1) is 6.15. The molecule has 0 saturated heterocycles. The zero-order valence-electron chi connectivity index (χ0n) is 8.08. The van der Waals surface area contributed by atoms with Gasteiger partial charge >= 0.3 is 0 Å². The molecule has 0 atom stereocenters. The Balaban J connectivity index is 3.00. The summed E-state index contributed by atoms with van der Waals surface area (Å²) in [7, 11) is 5.78. The summed E-state index contributed by atoms with van der Waals surface area (Å²) in [6.45, 7) is 0. The lowest BCUT2D eigenvalue weighted by Crippen LogP contribution is -2.22. The lowest BCUT2D eigenvalue weighted by atomic mass is 10.2. The van der Waals surface area contributed by atoms with Crippen molar-refractivity contribution in [1.29, 1.82) is 0 Å². The van der Waals surface area contributed by atoms with Gasteiger partial charge in [0.25, 0.3) is 0 Å². The Kier molecular flexibility index (Phi) is 3.48. The predicted octanol–water partition coefficient (Wildman–Crippen LogP) is 2.39. The molecule has 0 aliphatic carbocycles. The SMILES string of the molecule is C/N=C(/c1ccc(Br)cc1)N(C)C. The summed E-state index contributed by atoms with van der Waals surface area (Å²) >= 11 is 3.40. The highest BCUT2D eigenvalue weighted by molar-refractivity contribution is 9.10. The number of rotatable bonds is 1.